The number of rotatable bonds is 4. The predicted molar refractivity (Wildman–Crippen MR) is 89.2 cm³/mol. The Morgan fingerprint density at radius 2 is 2.17 bits per heavy atom. The molecule has 1 N–H and O–H groups in total. The van der Waals surface area contributed by atoms with Gasteiger partial charge in [0.15, 0.2) is 0 Å². The molecule has 1 aliphatic rings. The lowest BCUT2D eigenvalue weighted by Gasteiger charge is -2.29. The van der Waals surface area contributed by atoms with Crippen LogP contribution in [0.2, 0.25) is 10.0 Å². The van der Waals surface area contributed by atoms with Gasteiger partial charge in [0.2, 0.25) is 5.95 Å². The fourth-order valence-electron chi connectivity index (χ4n) is 2.63. The van der Waals surface area contributed by atoms with Crippen molar-refractivity contribution in [2.45, 2.75) is 6.04 Å². The molecule has 2 aromatic rings. The van der Waals surface area contributed by atoms with Gasteiger partial charge in [0.1, 0.15) is 12.4 Å². The molecule has 0 aliphatic carbocycles. The van der Waals surface area contributed by atoms with E-state index in [0.717, 1.165) is 0 Å². The summed E-state index contributed by atoms with van der Waals surface area (Å²) >= 11 is 12.3. The lowest BCUT2D eigenvalue weighted by atomic mass is 9.95. The summed E-state index contributed by atoms with van der Waals surface area (Å²) < 4.78 is 11.7. The Hall–Kier alpha value is -2.09. The molecular weight excluding hydrogens is 355 g/mol. The number of methoxy groups -OCH3 is 2. The van der Waals surface area contributed by atoms with Gasteiger partial charge in [-0.15, -0.1) is 0 Å². The molecular formula is C15H14Cl2N4O3. The zero-order valence-corrected chi connectivity index (χ0v) is 14.4. The highest BCUT2D eigenvalue weighted by Gasteiger charge is 2.36. The molecule has 0 saturated carbocycles. The monoisotopic (exact) mass is 368 g/mol. The molecule has 1 atom stereocenters. The summed E-state index contributed by atoms with van der Waals surface area (Å²) in [5.74, 6) is -0.0302. The molecule has 24 heavy (non-hydrogen) atoms. The number of fused-ring (bicyclic) bond motifs is 1. The van der Waals surface area contributed by atoms with Crippen molar-refractivity contribution in [2.24, 2.45) is 0 Å². The van der Waals surface area contributed by atoms with Crippen molar-refractivity contribution in [3.63, 3.8) is 0 Å². The minimum atomic E-state index is -0.605. The van der Waals surface area contributed by atoms with E-state index in [1.54, 1.807) is 22.9 Å². The summed E-state index contributed by atoms with van der Waals surface area (Å²) in [4.78, 5) is 16.6. The van der Waals surface area contributed by atoms with Crippen molar-refractivity contribution >= 4 is 35.1 Å². The second-order valence-corrected chi connectivity index (χ2v) is 5.88. The van der Waals surface area contributed by atoms with Crippen LogP contribution in [0.5, 0.6) is 0 Å². The van der Waals surface area contributed by atoms with Crippen LogP contribution in [0, 0.1) is 0 Å². The normalized spacial score (nSPS) is 16.6. The molecule has 1 aromatic carbocycles. The third-order valence-corrected chi connectivity index (χ3v) is 4.19. The maximum Gasteiger partial charge on any atom is 0.338 e. The molecule has 0 unspecified atom stereocenters. The summed E-state index contributed by atoms with van der Waals surface area (Å²) in [5.41, 5.74) is 1.55. The quantitative estimate of drug-likeness (QED) is 0.835. The Morgan fingerprint density at radius 1 is 1.38 bits per heavy atom. The summed E-state index contributed by atoms with van der Waals surface area (Å²) in [5, 5.41) is 8.16. The molecule has 0 saturated heterocycles. The molecule has 2 heterocycles. The number of carbonyl (C=O) groups is 1. The van der Waals surface area contributed by atoms with E-state index in [-0.39, 0.29) is 6.61 Å². The third kappa shape index (κ3) is 2.86. The number of benzene rings is 1. The summed E-state index contributed by atoms with van der Waals surface area (Å²) in [7, 11) is 2.85. The highest BCUT2D eigenvalue weighted by molar-refractivity contribution is 6.35. The van der Waals surface area contributed by atoms with E-state index < -0.39 is 12.0 Å². The molecule has 9 heteroatoms. The number of hydrogen-bond acceptors (Lipinski definition) is 6. The van der Waals surface area contributed by atoms with Gasteiger partial charge in [0.25, 0.3) is 0 Å². The standard InChI is InChI=1S/C15H14Cl2N4O3/c1-23-6-11-12(14(22)24-2)13(21-15(20-11)18-7-19-21)9-4-3-8(16)5-10(9)17/h3-5,7,13H,6H2,1-2H3,(H,18,19,20)/t13-/m0/s1. The van der Waals surface area contributed by atoms with Crippen LogP contribution in [-0.4, -0.2) is 41.6 Å². The molecule has 0 fully saturated rings. The van der Waals surface area contributed by atoms with Gasteiger partial charge in [0.05, 0.1) is 25.0 Å². The van der Waals surface area contributed by atoms with Gasteiger partial charge >= 0.3 is 5.97 Å². The Morgan fingerprint density at radius 3 is 2.83 bits per heavy atom. The van der Waals surface area contributed by atoms with E-state index in [9.17, 15) is 4.79 Å². The number of aromatic nitrogens is 3. The zero-order valence-electron chi connectivity index (χ0n) is 12.9. The Balaban J connectivity index is 2.23. The fraction of sp³-hybridized carbons (Fsp3) is 0.267. The number of nitrogens with zero attached hydrogens (tertiary/aromatic N) is 3. The maximum atomic E-state index is 12.4. The van der Waals surface area contributed by atoms with Crippen LogP contribution >= 0.6 is 23.2 Å². The molecule has 0 amide bonds. The van der Waals surface area contributed by atoms with Gasteiger partial charge in [-0.05, 0) is 12.1 Å². The van der Waals surface area contributed by atoms with Crippen molar-refractivity contribution in [3.05, 3.63) is 51.4 Å². The zero-order chi connectivity index (χ0) is 17.3. The second-order valence-electron chi connectivity index (χ2n) is 5.04. The average molecular weight is 369 g/mol. The highest BCUT2D eigenvalue weighted by atomic mass is 35.5. The molecule has 126 valence electrons. The lowest BCUT2D eigenvalue weighted by Crippen LogP contribution is -2.31. The predicted octanol–water partition coefficient (Wildman–Crippen LogP) is 2.67. The first-order chi connectivity index (χ1) is 11.6. The number of anilines is 1. The molecule has 0 spiro atoms. The van der Waals surface area contributed by atoms with Crippen molar-refractivity contribution < 1.29 is 14.3 Å². The Labute approximate surface area is 148 Å². The summed E-state index contributed by atoms with van der Waals surface area (Å²) in [6.45, 7) is 0.180. The van der Waals surface area contributed by atoms with Gasteiger partial charge in [-0.2, -0.15) is 10.1 Å². The minimum Gasteiger partial charge on any atom is -0.466 e. The highest BCUT2D eigenvalue weighted by Crippen LogP contribution is 2.38. The van der Waals surface area contributed by atoms with E-state index in [2.05, 4.69) is 15.4 Å². The molecule has 0 radical (unpaired) electrons. The van der Waals surface area contributed by atoms with Crippen molar-refractivity contribution in [3.8, 4) is 0 Å². The Bertz CT molecular complexity index is 819. The smallest absolute Gasteiger partial charge is 0.338 e. The van der Waals surface area contributed by atoms with E-state index in [1.165, 1.54) is 20.5 Å². The van der Waals surface area contributed by atoms with Crippen LogP contribution in [0.4, 0.5) is 5.95 Å². The molecule has 1 aromatic heterocycles. The number of hydrogen-bond donors (Lipinski definition) is 1. The number of nitrogens with one attached hydrogen (secondary N) is 1. The minimum absolute atomic E-state index is 0.180. The number of carbonyl (C=O) groups excluding carboxylic acids is 1. The number of halogens is 2. The maximum absolute atomic E-state index is 12.4. The number of ether oxygens (including phenoxy) is 2. The van der Waals surface area contributed by atoms with Crippen molar-refractivity contribution in [1.82, 2.24) is 14.8 Å². The van der Waals surface area contributed by atoms with Crippen LogP contribution in [0.15, 0.2) is 35.8 Å². The van der Waals surface area contributed by atoms with Crippen molar-refractivity contribution in [2.75, 3.05) is 26.1 Å². The second kappa shape index (κ2) is 6.80. The van der Waals surface area contributed by atoms with Crippen LogP contribution in [0.3, 0.4) is 0 Å². The number of esters is 1. The van der Waals surface area contributed by atoms with E-state index in [4.69, 9.17) is 32.7 Å². The fourth-order valence-corrected chi connectivity index (χ4v) is 3.14. The third-order valence-electron chi connectivity index (χ3n) is 3.63. The van der Waals surface area contributed by atoms with Gasteiger partial charge in [-0.3, -0.25) is 0 Å². The van der Waals surface area contributed by atoms with E-state index >= 15 is 0 Å². The van der Waals surface area contributed by atoms with Crippen molar-refractivity contribution in [1.29, 1.82) is 0 Å². The first-order valence-electron chi connectivity index (χ1n) is 6.98. The first-order valence-corrected chi connectivity index (χ1v) is 7.74. The van der Waals surface area contributed by atoms with E-state index in [1.807, 2.05) is 0 Å². The van der Waals surface area contributed by atoms with Crippen LogP contribution in [-0.2, 0) is 14.3 Å². The molecule has 0 bridgehead atoms. The average Bonchev–Trinajstić information content (AvgIpc) is 3.02. The molecule has 7 nitrogen and oxygen atoms in total. The van der Waals surface area contributed by atoms with Crippen LogP contribution in [0.25, 0.3) is 0 Å². The topological polar surface area (TPSA) is 78.3 Å². The van der Waals surface area contributed by atoms with Gasteiger partial charge in [-0.25, -0.2) is 9.48 Å². The van der Waals surface area contributed by atoms with Gasteiger partial charge in [0, 0.05) is 22.7 Å². The molecule has 3 rings (SSSR count). The lowest BCUT2D eigenvalue weighted by molar-refractivity contribution is -0.136. The Kier molecular flexibility index (Phi) is 4.75. The summed E-state index contributed by atoms with van der Waals surface area (Å²) in [6.07, 6.45) is 1.39. The van der Waals surface area contributed by atoms with Crippen LogP contribution in [0.1, 0.15) is 11.6 Å². The largest absolute Gasteiger partial charge is 0.466 e. The van der Waals surface area contributed by atoms with Crippen LogP contribution < -0.4 is 5.32 Å². The first kappa shape index (κ1) is 16.8. The van der Waals surface area contributed by atoms with E-state index in [0.29, 0.717) is 32.8 Å². The summed E-state index contributed by atoms with van der Waals surface area (Å²) in [6, 6.07) is 4.46. The van der Waals surface area contributed by atoms with Gasteiger partial charge in [-0.1, -0.05) is 29.3 Å². The SMILES string of the molecule is COCC1=C(C(=O)OC)[C@H](c2ccc(Cl)cc2Cl)n2ncnc2N1. The molecule has 1 aliphatic heterocycles. The van der Waals surface area contributed by atoms with Gasteiger partial charge < -0.3 is 14.8 Å².